The zero-order valence-electron chi connectivity index (χ0n) is 23.2. The number of nitriles is 2. The molecule has 0 bridgehead atoms. The lowest BCUT2D eigenvalue weighted by atomic mass is 9.98. The molecule has 0 aliphatic heterocycles. The van der Waals surface area contributed by atoms with Crippen LogP contribution in [0.1, 0.15) is 68.1 Å². The summed E-state index contributed by atoms with van der Waals surface area (Å²) in [5, 5.41) is 39.8. The first-order valence-corrected chi connectivity index (χ1v) is 14.2. The van der Waals surface area contributed by atoms with Crippen molar-refractivity contribution >= 4 is 27.4 Å². The van der Waals surface area contributed by atoms with E-state index in [0.717, 1.165) is 41.3 Å². The number of rotatable bonds is 11. The molecule has 2 heterocycles. The van der Waals surface area contributed by atoms with Crippen LogP contribution in [0.3, 0.4) is 0 Å². The Kier molecular flexibility index (Phi) is 9.39. The third-order valence-corrected chi connectivity index (χ3v) is 7.97. The minimum absolute atomic E-state index is 0.00617. The summed E-state index contributed by atoms with van der Waals surface area (Å²) in [6.45, 7) is 10.2. The molecule has 9 nitrogen and oxygen atoms in total. The Morgan fingerprint density at radius 1 is 1.00 bits per heavy atom. The predicted octanol–water partition coefficient (Wildman–Crippen LogP) is 7.07. The van der Waals surface area contributed by atoms with Crippen LogP contribution in [-0.4, -0.2) is 32.7 Å². The quantitative estimate of drug-likeness (QED) is 0.198. The van der Waals surface area contributed by atoms with Gasteiger partial charge >= 0.3 is 0 Å². The Morgan fingerprint density at radius 3 is 2.35 bits per heavy atom. The maximum Gasteiger partial charge on any atom is 0.252 e. The molecule has 40 heavy (non-hydrogen) atoms. The maximum absolute atomic E-state index is 9.95. The van der Waals surface area contributed by atoms with Gasteiger partial charge in [0.1, 0.15) is 17.8 Å². The van der Waals surface area contributed by atoms with Crippen molar-refractivity contribution in [3.8, 4) is 23.4 Å². The summed E-state index contributed by atoms with van der Waals surface area (Å²) < 4.78 is 1.62. The highest BCUT2D eigenvalue weighted by Gasteiger charge is 2.21. The van der Waals surface area contributed by atoms with Crippen molar-refractivity contribution in [2.45, 2.75) is 53.2 Å². The highest BCUT2D eigenvalue weighted by molar-refractivity contribution is 7.19. The second kappa shape index (κ2) is 13.1. The lowest BCUT2D eigenvalue weighted by Gasteiger charge is -2.16. The number of azo groups is 1. The molecule has 0 spiro atoms. The van der Waals surface area contributed by atoms with Crippen LogP contribution in [0.4, 0.5) is 16.1 Å². The molecule has 0 amide bonds. The average molecular weight is 553 g/mol. The number of hydrogen-bond donors (Lipinski definition) is 1. The Bertz CT molecular complexity index is 1570. The molecule has 1 N–H and O–H groups in total. The van der Waals surface area contributed by atoms with E-state index in [0.29, 0.717) is 23.2 Å². The fourth-order valence-electron chi connectivity index (χ4n) is 4.38. The Balaban J connectivity index is 1.78. The van der Waals surface area contributed by atoms with E-state index in [-0.39, 0.29) is 23.9 Å². The molecule has 0 saturated carbocycles. The molecule has 1 atom stereocenters. The monoisotopic (exact) mass is 552 g/mol. The van der Waals surface area contributed by atoms with Crippen LogP contribution in [0.5, 0.6) is 0 Å². The smallest absolute Gasteiger partial charge is 0.252 e. The van der Waals surface area contributed by atoms with Crippen molar-refractivity contribution in [3.05, 3.63) is 76.6 Å². The zero-order valence-corrected chi connectivity index (χ0v) is 24.0. The van der Waals surface area contributed by atoms with Crippen LogP contribution in [0.15, 0.2) is 58.8 Å². The molecule has 10 heteroatoms. The van der Waals surface area contributed by atoms with Gasteiger partial charge in [0.2, 0.25) is 0 Å². The summed E-state index contributed by atoms with van der Waals surface area (Å²) in [6, 6.07) is 19.9. The standard InChI is InChI=1S/C30H32N8OS/c1-5-20(4)22-14-12-21(13-15-22)18-38-26(17-32)25(16-31)33-29(38)36-35-28-27(24-11-9-8-10-23(24)19-39)34-30(40-28)37(6-2)7-3/h8-15,20,39H,5-7,18-19H2,1-4H3/b36-35+. The van der Waals surface area contributed by atoms with Gasteiger partial charge in [-0.15, -0.1) is 10.2 Å². The number of aliphatic hydroxyl groups excluding tert-OH is 1. The summed E-state index contributed by atoms with van der Waals surface area (Å²) in [5.74, 6) is 0.621. The number of anilines is 1. The molecule has 4 rings (SSSR count). The van der Waals surface area contributed by atoms with Crippen molar-refractivity contribution in [3.63, 3.8) is 0 Å². The summed E-state index contributed by atoms with van der Waals surface area (Å²) in [5.41, 5.74) is 4.47. The fraction of sp³-hybridized carbons (Fsp3) is 0.333. The van der Waals surface area contributed by atoms with Crippen molar-refractivity contribution in [2.24, 2.45) is 10.2 Å². The van der Waals surface area contributed by atoms with Gasteiger partial charge in [0, 0.05) is 18.7 Å². The van der Waals surface area contributed by atoms with Gasteiger partial charge in [-0.25, -0.2) is 4.98 Å². The summed E-state index contributed by atoms with van der Waals surface area (Å²) in [6.07, 6.45) is 1.05. The largest absolute Gasteiger partial charge is 0.392 e. The molecule has 0 saturated heterocycles. The van der Waals surface area contributed by atoms with Crippen LogP contribution >= 0.6 is 11.3 Å². The molecule has 2 aromatic heterocycles. The molecule has 0 aliphatic carbocycles. The molecule has 204 valence electrons. The SMILES string of the molecule is CCC(C)c1ccc(Cn2c(/N=N/c3sc(N(CC)CC)nc3-c3ccccc3CO)nc(C#N)c2C#N)cc1. The molecule has 0 aliphatic rings. The van der Waals surface area contributed by atoms with Crippen LogP contribution < -0.4 is 4.90 Å². The topological polar surface area (TPSA) is 126 Å². The molecular formula is C30H32N8OS. The first kappa shape index (κ1) is 28.6. The first-order valence-electron chi connectivity index (χ1n) is 13.3. The second-order valence-corrected chi connectivity index (χ2v) is 10.3. The van der Waals surface area contributed by atoms with Crippen LogP contribution in [0.2, 0.25) is 0 Å². The van der Waals surface area contributed by atoms with E-state index < -0.39 is 0 Å². The highest BCUT2D eigenvalue weighted by atomic mass is 32.1. The molecule has 4 aromatic rings. The molecule has 0 radical (unpaired) electrons. The predicted molar refractivity (Wildman–Crippen MR) is 157 cm³/mol. The Morgan fingerprint density at radius 2 is 1.73 bits per heavy atom. The van der Waals surface area contributed by atoms with E-state index in [9.17, 15) is 15.6 Å². The number of imidazole rings is 1. The number of hydrogen-bond acceptors (Lipinski definition) is 9. The van der Waals surface area contributed by atoms with E-state index >= 15 is 0 Å². The van der Waals surface area contributed by atoms with Crippen molar-refractivity contribution in [1.29, 1.82) is 10.5 Å². The van der Waals surface area contributed by atoms with Gasteiger partial charge in [-0.2, -0.15) is 15.5 Å². The van der Waals surface area contributed by atoms with Crippen molar-refractivity contribution in [1.82, 2.24) is 14.5 Å². The number of thiazole rings is 1. The number of benzene rings is 2. The zero-order chi connectivity index (χ0) is 28.6. The molecule has 0 fully saturated rings. The average Bonchev–Trinajstić information content (AvgIpc) is 3.57. The number of aliphatic hydroxyl groups is 1. The maximum atomic E-state index is 9.95. The summed E-state index contributed by atoms with van der Waals surface area (Å²) >= 11 is 1.39. The molecule has 1 unspecified atom stereocenters. The van der Waals surface area contributed by atoms with E-state index in [1.807, 2.05) is 42.5 Å². The van der Waals surface area contributed by atoms with Crippen molar-refractivity contribution < 1.29 is 5.11 Å². The third kappa shape index (κ3) is 5.94. The van der Waals surface area contributed by atoms with Gasteiger partial charge in [0.05, 0.1) is 13.2 Å². The highest BCUT2D eigenvalue weighted by Crippen LogP contribution is 2.41. The summed E-state index contributed by atoms with van der Waals surface area (Å²) in [4.78, 5) is 11.3. The van der Waals surface area contributed by atoms with Gasteiger partial charge < -0.3 is 10.0 Å². The first-order chi connectivity index (χ1) is 19.5. The van der Waals surface area contributed by atoms with Gasteiger partial charge in [-0.3, -0.25) is 4.57 Å². The second-order valence-electron chi connectivity index (χ2n) is 9.31. The van der Waals surface area contributed by atoms with Crippen LogP contribution in [0, 0.1) is 22.7 Å². The Hall–Kier alpha value is -4.38. The van der Waals surface area contributed by atoms with Gasteiger partial charge in [-0.1, -0.05) is 73.7 Å². The van der Waals surface area contributed by atoms with E-state index in [1.54, 1.807) is 4.57 Å². The molecular weight excluding hydrogens is 520 g/mol. The normalized spacial score (nSPS) is 11.9. The third-order valence-electron chi connectivity index (χ3n) is 6.97. The lowest BCUT2D eigenvalue weighted by molar-refractivity contribution is 0.282. The van der Waals surface area contributed by atoms with Crippen molar-refractivity contribution in [2.75, 3.05) is 18.0 Å². The minimum atomic E-state index is -0.137. The van der Waals surface area contributed by atoms with Gasteiger partial charge in [0.25, 0.3) is 5.95 Å². The minimum Gasteiger partial charge on any atom is -0.392 e. The van der Waals surface area contributed by atoms with E-state index in [1.165, 1.54) is 16.9 Å². The fourth-order valence-corrected chi connectivity index (χ4v) is 5.41. The lowest BCUT2D eigenvalue weighted by Crippen LogP contribution is -2.21. The van der Waals surface area contributed by atoms with Gasteiger partial charge in [0.15, 0.2) is 21.5 Å². The van der Waals surface area contributed by atoms with Gasteiger partial charge in [-0.05, 0) is 42.9 Å². The van der Waals surface area contributed by atoms with E-state index in [4.69, 9.17) is 4.98 Å². The molecule has 2 aromatic carbocycles. The van der Waals surface area contributed by atoms with Crippen LogP contribution in [0.25, 0.3) is 11.3 Å². The Labute approximate surface area is 238 Å². The summed E-state index contributed by atoms with van der Waals surface area (Å²) in [7, 11) is 0. The number of nitrogens with zero attached hydrogens (tertiary/aromatic N) is 8. The van der Waals surface area contributed by atoms with E-state index in [2.05, 4.69) is 66.0 Å². The van der Waals surface area contributed by atoms with Crippen LogP contribution in [-0.2, 0) is 13.2 Å². The number of aromatic nitrogens is 3.